The Morgan fingerprint density at radius 1 is 1.17 bits per heavy atom. The van der Waals surface area contributed by atoms with E-state index in [0.717, 1.165) is 0 Å². The number of nitrogens with one attached hydrogen (secondary N) is 1. The van der Waals surface area contributed by atoms with Gasteiger partial charge in [-0.25, -0.2) is 9.59 Å². The summed E-state index contributed by atoms with van der Waals surface area (Å²) in [5.41, 5.74) is 0.431. The van der Waals surface area contributed by atoms with Crippen LogP contribution in [-0.2, 0) is 19.1 Å². The molecule has 0 saturated carbocycles. The molecule has 1 aliphatic heterocycles. The van der Waals surface area contributed by atoms with E-state index in [1.807, 2.05) is 0 Å². The van der Waals surface area contributed by atoms with Crippen LogP contribution in [0.25, 0.3) is 0 Å². The highest BCUT2D eigenvalue weighted by Crippen LogP contribution is 2.30. The van der Waals surface area contributed by atoms with E-state index in [4.69, 9.17) is 18.9 Å². The Morgan fingerprint density at radius 3 is 2.33 bits per heavy atom. The summed E-state index contributed by atoms with van der Waals surface area (Å²) in [5, 5.41) is 3.04. The molecule has 1 N–H and O–H groups in total. The van der Waals surface area contributed by atoms with Crippen LogP contribution in [0, 0.1) is 0 Å². The number of hydrogen-bond acceptors (Lipinski definition) is 8. The third kappa shape index (κ3) is 3.94. The van der Waals surface area contributed by atoms with Gasteiger partial charge in [-0.2, -0.15) is 0 Å². The zero-order valence-corrected chi connectivity index (χ0v) is 14.7. The van der Waals surface area contributed by atoms with Crippen molar-refractivity contribution < 1.29 is 28.5 Å². The Morgan fingerprint density at radius 2 is 1.79 bits per heavy atom. The molecule has 8 heteroatoms. The van der Waals surface area contributed by atoms with Crippen LogP contribution in [0.4, 0.5) is 5.69 Å². The van der Waals surface area contributed by atoms with E-state index in [9.17, 15) is 9.59 Å². The summed E-state index contributed by atoms with van der Waals surface area (Å²) < 4.78 is 20.5. The lowest BCUT2D eigenvalue weighted by Gasteiger charge is -2.30. The fraction of sp³-hybridized carbons (Fsp3) is 0.375. The fourth-order valence-corrected chi connectivity index (χ4v) is 2.36. The molecular weight excluding hydrogens is 334 g/mol. The predicted octanol–water partition coefficient (Wildman–Crippen LogP) is 2.14. The first kappa shape index (κ1) is 18.0. The highest BCUT2D eigenvalue weighted by Gasteiger charge is 2.40. The van der Waals surface area contributed by atoms with Crippen LogP contribution in [0.15, 0.2) is 28.7 Å². The van der Waals surface area contributed by atoms with Gasteiger partial charge in [-0.3, -0.25) is 0 Å². The number of carbonyl (C=O) groups excluding carboxylic acids is 2. The minimum absolute atomic E-state index is 0.117. The van der Waals surface area contributed by atoms with E-state index >= 15 is 0 Å². The third-order valence-corrected chi connectivity index (χ3v) is 3.61. The summed E-state index contributed by atoms with van der Waals surface area (Å²) in [5.74, 6) is -1.60. The molecule has 1 heterocycles. The van der Waals surface area contributed by atoms with Gasteiger partial charge in [0.05, 0.1) is 19.9 Å². The van der Waals surface area contributed by atoms with Gasteiger partial charge in [0.2, 0.25) is 0 Å². The van der Waals surface area contributed by atoms with Gasteiger partial charge in [-0.15, -0.1) is 12.6 Å². The summed E-state index contributed by atoms with van der Waals surface area (Å²) in [4.78, 5) is 24.2. The summed E-state index contributed by atoms with van der Waals surface area (Å²) in [6.07, 6.45) is 0. The van der Waals surface area contributed by atoms with Crippen molar-refractivity contribution in [2.45, 2.75) is 19.6 Å². The van der Waals surface area contributed by atoms with Gasteiger partial charge in [0, 0.05) is 31.4 Å². The van der Waals surface area contributed by atoms with Gasteiger partial charge in [-0.05, 0) is 12.1 Å². The van der Waals surface area contributed by atoms with Gasteiger partial charge >= 0.3 is 11.9 Å². The highest BCUT2D eigenvalue weighted by molar-refractivity contribution is 7.84. The number of cyclic esters (lactones) is 2. The molecule has 2 rings (SSSR count). The van der Waals surface area contributed by atoms with Crippen LogP contribution in [0.2, 0.25) is 0 Å². The minimum Gasteiger partial charge on any atom is -0.497 e. The summed E-state index contributed by atoms with van der Waals surface area (Å²) in [7, 11) is 3.08. The molecule has 1 aromatic rings. The van der Waals surface area contributed by atoms with E-state index in [-0.39, 0.29) is 17.0 Å². The Hall–Kier alpha value is -2.35. The van der Waals surface area contributed by atoms with Crippen molar-refractivity contribution in [1.82, 2.24) is 0 Å². The number of hydrogen-bond donors (Lipinski definition) is 2. The minimum atomic E-state index is -1.28. The highest BCUT2D eigenvalue weighted by atomic mass is 32.1. The fourth-order valence-electron chi connectivity index (χ4n) is 2.10. The number of anilines is 1. The molecule has 0 aliphatic carbocycles. The molecule has 24 heavy (non-hydrogen) atoms. The molecule has 0 aromatic heterocycles. The van der Waals surface area contributed by atoms with Crippen LogP contribution in [0.1, 0.15) is 13.8 Å². The third-order valence-electron chi connectivity index (χ3n) is 3.23. The van der Waals surface area contributed by atoms with Crippen molar-refractivity contribution in [3.8, 4) is 11.5 Å². The molecule has 0 bridgehead atoms. The van der Waals surface area contributed by atoms with Gasteiger partial charge in [0.15, 0.2) is 5.57 Å². The van der Waals surface area contributed by atoms with Crippen LogP contribution >= 0.6 is 12.6 Å². The lowest BCUT2D eigenvalue weighted by Crippen LogP contribution is -2.42. The Kier molecular flexibility index (Phi) is 5.28. The lowest BCUT2D eigenvalue weighted by molar-refractivity contribution is -0.222. The van der Waals surface area contributed by atoms with Crippen LogP contribution in [-0.4, -0.2) is 38.5 Å². The SMILES string of the molecule is COc1ccc(NCC(S)=C2C(=O)OC(C)(C)OC2=O)c(OC)c1. The molecule has 1 saturated heterocycles. The molecular formula is C16H19NO6S. The predicted molar refractivity (Wildman–Crippen MR) is 90.3 cm³/mol. The van der Waals surface area contributed by atoms with Crippen LogP contribution in [0.5, 0.6) is 11.5 Å². The molecule has 0 unspecified atom stereocenters. The van der Waals surface area contributed by atoms with Crippen molar-refractivity contribution in [3.05, 3.63) is 28.7 Å². The largest absolute Gasteiger partial charge is 0.497 e. The van der Waals surface area contributed by atoms with Gasteiger partial charge in [-0.1, -0.05) is 0 Å². The Labute approximate surface area is 145 Å². The number of carbonyl (C=O) groups is 2. The molecule has 0 spiro atoms. The van der Waals surface area contributed by atoms with Crippen molar-refractivity contribution in [3.63, 3.8) is 0 Å². The average molecular weight is 353 g/mol. The number of rotatable bonds is 5. The normalized spacial score (nSPS) is 16.1. The lowest BCUT2D eigenvalue weighted by atomic mass is 10.2. The summed E-state index contributed by atoms with van der Waals surface area (Å²) in [6.45, 7) is 3.09. The van der Waals surface area contributed by atoms with E-state index in [1.54, 1.807) is 25.3 Å². The number of benzene rings is 1. The maximum absolute atomic E-state index is 12.0. The Balaban J connectivity index is 2.17. The maximum atomic E-state index is 12.0. The van der Waals surface area contributed by atoms with Crippen molar-refractivity contribution >= 4 is 30.3 Å². The summed E-state index contributed by atoms with van der Waals surface area (Å²) in [6, 6.07) is 5.21. The monoisotopic (exact) mass is 353 g/mol. The topological polar surface area (TPSA) is 83.1 Å². The van der Waals surface area contributed by atoms with E-state index in [0.29, 0.717) is 17.2 Å². The van der Waals surface area contributed by atoms with Crippen molar-refractivity contribution in [1.29, 1.82) is 0 Å². The molecule has 0 atom stereocenters. The zero-order chi connectivity index (χ0) is 17.9. The van der Waals surface area contributed by atoms with Crippen molar-refractivity contribution in [2.24, 2.45) is 0 Å². The number of ether oxygens (including phenoxy) is 4. The number of methoxy groups -OCH3 is 2. The quantitative estimate of drug-likeness (QED) is 0.363. The average Bonchev–Trinajstić information content (AvgIpc) is 2.50. The molecule has 0 radical (unpaired) electrons. The van der Waals surface area contributed by atoms with Crippen LogP contribution in [0.3, 0.4) is 0 Å². The zero-order valence-electron chi connectivity index (χ0n) is 13.8. The van der Waals surface area contributed by atoms with E-state index < -0.39 is 17.7 Å². The molecule has 1 fully saturated rings. The first-order valence-electron chi connectivity index (χ1n) is 7.12. The van der Waals surface area contributed by atoms with Gasteiger partial charge < -0.3 is 24.3 Å². The van der Waals surface area contributed by atoms with Crippen LogP contribution < -0.4 is 14.8 Å². The van der Waals surface area contributed by atoms with Gasteiger partial charge in [0.1, 0.15) is 11.5 Å². The molecule has 0 amide bonds. The second-order valence-electron chi connectivity index (χ2n) is 5.42. The van der Waals surface area contributed by atoms with E-state index in [2.05, 4.69) is 17.9 Å². The number of thiol groups is 1. The maximum Gasteiger partial charge on any atom is 0.349 e. The second kappa shape index (κ2) is 7.04. The second-order valence-corrected chi connectivity index (χ2v) is 5.96. The number of esters is 2. The molecule has 1 aromatic carbocycles. The molecule has 130 valence electrons. The van der Waals surface area contributed by atoms with Gasteiger partial charge in [0.25, 0.3) is 5.79 Å². The van der Waals surface area contributed by atoms with Crippen molar-refractivity contribution in [2.75, 3.05) is 26.1 Å². The smallest absolute Gasteiger partial charge is 0.349 e. The standard InChI is InChI=1S/C16H19NO6S/c1-16(2)22-14(18)13(15(19)23-16)12(24)8-17-10-6-5-9(20-3)7-11(10)21-4/h5-7,17,24H,8H2,1-4H3. The molecule has 1 aliphatic rings. The first-order chi connectivity index (χ1) is 11.3. The first-order valence-corrected chi connectivity index (χ1v) is 7.57. The molecule has 7 nitrogen and oxygen atoms in total. The van der Waals surface area contributed by atoms with E-state index in [1.165, 1.54) is 21.0 Å². The summed E-state index contributed by atoms with van der Waals surface area (Å²) >= 11 is 4.23. The Bertz CT molecular complexity index is 676.